The number of fused-ring (bicyclic) bond motifs is 1. The number of furan rings is 1. The van der Waals surface area contributed by atoms with E-state index in [2.05, 4.69) is 15.5 Å². The molecule has 4 rings (SSSR count). The van der Waals surface area contributed by atoms with Gasteiger partial charge in [0.1, 0.15) is 11.3 Å². The predicted molar refractivity (Wildman–Crippen MR) is 112 cm³/mol. The molecule has 1 saturated heterocycles. The number of likely N-dealkylation sites (tertiary alicyclic amines) is 1. The third kappa shape index (κ3) is 4.81. The van der Waals surface area contributed by atoms with Crippen molar-refractivity contribution in [3.8, 4) is 0 Å². The molecule has 2 aromatic rings. The van der Waals surface area contributed by atoms with E-state index in [4.69, 9.17) is 4.42 Å². The van der Waals surface area contributed by atoms with E-state index in [-0.39, 0.29) is 29.8 Å². The SMILES string of the molecule is CC(NC(=O)C(C)N1CCCC(C(=O)NCC2CC2)C1)c1cc2ccccc2o1. The predicted octanol–water partition coefficient (Wildman–Crippen LogP) is 3.24. The van der Waals surface area contributed by atoms with E-state index in [1.807, 2.05) is 44.2 Å². The molecule has 1 aliphatic heterocycles. The van der Waals surface area contributed by atoms with Crippen LogP contribution >= 0.6 is 0 Å². The Kier molecular flexibility index (Phi) is 5.90. The molecule has 29 heavy (non-hydrogen) atoms. The van der Waals surface area contributed by atoms with Crippen molar-refractivity contribution < 1.29 is 14.0 Å². The van der Waals surface area contributed by atoms with E-state index in [0.29, 0.717) is 12.5 Å². The second-order valence-corrected chi connectivity index (χ2v) is 8.62. The molecular weight excluding hydrogens is 366 g/mol. The Morgan fingerprint density at radius 2 is 2.00 bits per heavy atom. The summed E-state index contributed by atoms with van der Waals surface area (Å²) in [7, 11) is 0. The van der Waals surface area contributed by atoms with E-state index in [0.717, 1.165) is 42.7 Å². The Bertz CT molecular complexity index is 840. The molecule has 1 saturated carbocycles. The van der Waals surface area contributed by atoms with Gasteiger partial charge >= 0.3 is 0 Å². The first-order chi connectivity index (χ1) is 14.0. The molecule has 6 heteroatoms. The lowest BCUT2D eigenvalue weighted by atomic mass is 9.95. The normalized spacial score (nSPS) is 22.2. The number of rotatable bonds is 7. The molecule has 3 unspecified atom stereocenters. The summed E-state index contributed by atoms with van der Waals surface area (Å²) in [5.41, 5.74) is 0.827. The van der Waals surface area contributed by atoms with Crippen LogP contribution in [0.2, 0.25) is 0 Å². The Labute approximate surface area is 172 Å². The maximum atomic E-state index is 12.8. The fourth-order valence-electron chi connectivity index (χ4n) is 4.07. The highest BCUT2D eigenvalue weighted by atomic mass is 16.3. The topological polar surface area (TPSA) is 74.6 Å². The Balaban J connectivity index is 1.32. The van der Waals surface area contributed by atoms with Crippen molar-refractivity contribution in [3.63, 3.8) is 0 Å². The largest absolute Gasteiger partial charge is 0.459 e. The van der Waals surface area contributed by atoms with Crippen molar-refractivity contribution in [3.05, 3.63) is 36.1 Å². The van der Waals surface area contributed by atoms with Crippen molar-refractivity contribution in [1.82, 2.24) is 15.5 Å². The van der Waals surface area contributed by atoms with Crippen LogP contribution in [0.4, 0.5) is 0 Å². The molecule has 1 aliphatic carbocycles. The molecule has 3 atom stereocenters. The zero-order valence-corrected chi connectivity index (χ0v) is 17.3. The van der Waals surface area contributed by atoms with Gasteiger partial charge in [-0.25, -0.2) is 0 Å². The molecule has 156 valence electrons. The molecule has 2 heterocycles. The molecule has 1 aromatic heterocycles. The van der Waals surface area contributed by atoms with Crippen molar-refractivity contribution in [2.45, 2.75) is 51.6 Å². The maximum absolute atomic E-state index is 12.8. The highest BCUT2D eigenvalue weighted by Crippen LogP contribution is 2.28. The second kappa shape index (κ2) is 8.57. The van der Waals surface area contributed by atoms with Crippen molar-refractivity contribution in [1.29, 1.82) is 0 Å². The Morgan fingerprint density at radius 3 is 2.76 bits per heavy atom. The number of carbonyl (C=O) groups is 2. The molecule has 0 radical (unpaired) electrons. The second-order valence-electron chi connectivity index (χ2n) is 8.62. The molecule has 2 fully saturated rings. The lowest BCUT2D eigenvalue weighted by Crippen LogP contribution is -2.51. The van der Waals surface area contributed by atoms with Gasteiger partial charge in [0, 0.05) is 18.5 Å². The van der Waals surface area contributed by atoms with Gasteiger partial charge in [-0.2, -0.15) is 0 Å². The first-order valence-corrected chi connectivity index (χ1v) is 10.8. The summed E-state index contributed by atoms with van der Waals surface area (Å²) >= 11 is 0. The van der Waals surface area contributed by atoms with Gasteiger partial charge in [-0.05, 0) is 64.1 Å². The first kappa shape index (κ1) is 20.0. The van der Waals surface area contributed by atoms with Crippen LogP contribution in [0.5, 0.6) is 0 Å². The van der Waals surface area contributed by atoms with Crippen molar-refractivity contribution in [2.24, 2.45) is 11.8 Å². The number of piperidine rings is 1. The average molecular weight is 398 g/mol. The van der Waals surface area contributed by atoms with Gasteiger partial charge < -0.3 is 15.1 Å². The molecule has 0 bridgehead atoms. The van der Waals surface area contributed by atoms with Crippen LogP contribution in [0.3, 0.4) is 0 Å². The quantitative estimate of drug-likeness (QED) is 0.752. The number of hydrogen-bond acceptors (Lipinski definition) is 4. The van der Waals surface area contributed by atoms with E-state index in [1.54, 1.807) is 0 Å². The van der Waals surface area contributed by atoms with Crippen LogP contribution in [0, 0.1) is 11.8 Å². The van der Waals surface area contributed by atoms with E-state index in [9.17, 15) is 9.59 Å². The van der Waals surface area contributed by atoms with Crippen molar-refractivity contribution >= 4 is 22.8 Å². The third-order valence-electron chi connectivity index (χ3n) is 6.24. The fourth-order valence-corrected chi connectivity index (χ4v) is 4.07. The van der Waals surface area contributed by atoms with Crippen LogP contribution in [0.15, 0.2) is 34.7 Å². The number of nitrogens with one attached hydrogen (secondary N) is 2. The van der Waals surface area contributed by atoms with Gasteiger partial charge in [-0.1, -0.05) is 18.2 Å². The highest BCUT2D eigenvalue weighted by Gasteiger charge is 2.32. The fraction of sp³-hybridized carbons (Fsp3) is 0.565. The zero-order chi connectivity index (χ0) is 20.4. The summed E-state index contributed by atoms with van der Waals surface area (Å²) in [6.45, 7) is 6.16. The number of carbonyl (C=O) groups excluding carboxylic acids is 2. The first-order valence-electron chi connectivity index (χ1n) is 10.8. The molecule has 6 nitrogen and oxygen atoms in total. The third-order valence-corrected chi connectivity index (χ3v) is 6.24. The van der Waals surface area contributed by atoms with Gasteiger partial charge in [0.25, 0.3) is 0 Å². The van der Waals surface area contributed by atoms with Crippen LogP contribution in [0.25, 0.3) is 11.0 Å². The van der Waals surface area contributed by atoms with Crippen molar-refractivity contribution in [2.75, 3.05) is 19.6 Å². The summed E-state index contributed by atoms with van der Waals surface area (Å²) < 4.78 is 5.87. The minimum absolute atomic E-state index is 0.0226. The lowest BCUT2D eigenvalue weighted by Gasteiger charge is -2.35. The smallest absolute Gasteiger partial charge is 0.237 e. The van der Waals surface area contributed by atoms with Crippen LogP contribution < -0.4 is 10.6 Å². The van der Waals surface area contributed by atoms with Crippen LogP contribution in [-0.2, 0) is 9.59 Å². The Morgan fingerprint density at radius 1 is 1.21 bits per heavy atom. The van der Waals surface area contributed by atoms with E-state index >= 15 is 0 Å². The highest BCUT2D eigenvalue weighted by molar-refractivity contribution is 5.83. The minimum atomic E-state index is -0.277. The lowest BCUT2D eigenvalue weighted by molar-refractivity contribution is -0.131. The monoisotopic (exact) mass is 397 g/mol. The van der Waals surface area contributed by atoms with Gasteiger partial charge in [0.15, 0.2) is 0 Å². The summed E-state index contributed by atoms with van der Waals surface area (Å²) in [6, 6.07) is 9.33. The maximum Gasteiger partial charge on any atom is 0.237 e. The number of amides is 2. The molecule has 2 aliphatic rings. The van der Waals surface area contributed by atoms with E-state index < -0.39 is 0 Å². The molecule has 2 amide bonds. The van der Waals surface area contributed by atoms with Gasteiger partial charge in [0.2, 0.25) is 11.8 Å². The molecule has 2 N–H and O–H groups in total. The van der Waals surface area contributed by atoms with Gasteiger partial charge in [-0.3, -0.25) is 14.5 Å². The molecular formula is C23H31N3O3. The summed E-state index contributed by atoms with van der Waals surface area (Å²) in [6.07, 6.45) is 4.31. The number of benzene rings is 1. The zero-order valence-electron chi connectivity index (χ0n) is 17.3. The Hall–Kier alpha value is -2.34. The number of hydrogen-bond donors (Lipinski definition) is 2. The average Bonchev–Trinajstić information content (AvgIpc) is 3.47. The standard InChI is InChI=1S/C23H31N3O3/c1-15(21-12-18-6-3-4-8-20(18)29-21)25-22(27)16(2)26-11-5-7-19(14-26)23(28)24-13-17-9-10-17/h3-4,6,8,12,15-17,19H,5,7,9-11,13-14H2,1-2H3,(H,24,28)(H,25,27). The summed E-state index contributed by atoms with van der Waals surface area (Å²) in [5, 5.41) is 7.20. The van der Waals surface area contributed by atoms with E-state index in [1.165, 1.54) is 12.8 Å². The number of nitrogens with zero attached hydrogens (tertiary/aromatic N) is 1. The van der Waals surface area contributed by atoms with Gasteiger partial charge in [0.05, 0.1) is 18.0 Å². The molecule has 0 spiro atoms. The number of para-hydroxylation sites is 1. The minimum Gasteiger partial charge on any atom is -0.459 e. The summed E-state index contributed by atoms with van der Waals surface area (Å²) in [5.74, 6) is 1.53. The summed E-state index contributed by atoms with van der Waals surface area (Å²) in [4.78, 5) is 27.4. The van der Waals surface area contributed by atoms with Crippen LogP contribution in [-0.4, -0.2) is 42.4 Å². The molecule has 1 aromatic carbocycles. The van der Waals surface area contributed by atoms with Crippen LogP contribution in [0.1, 0.15) is 51.3 Å². The van der Waals surface area contributed by atoms with Gasteiger partial charge in [-0.15, -0.1) is 0 Å².